The number of H-pyrrole nitrogens is 1. The lowest BCUT2D eigenvalue weighted by Crippen LogP contribution is -2.26. The number of ketones is 1. The van der Waals surface area contributed by atoms with Crippen molar-refractivity contribution in [2.24, 2.45) is 0 Å². The topological polar surface area (TPSA) is 49.9 Å². The highest BCUT2D eigenvalue weighted by atomic mass is 35.5. The Hall–Kier alpha value is -1.87. The molecule has 0 radical (unpaired) electrons. The summed E-state index contributed by atoms with van der Waals surface area (Å²) in [5.74, 6) is -0.0697. The van der Waals surface area contributed by atoms with E-state index < -0.39 is 0 Å². The van der Waals surface area contributed by atoms with Gasteiger partial charge in [0.25, 0.3) is 0 Å². The molecule has 19 heavy (non-hydrogen) atoms. The number of aromatic amines is 1. The zero-order chi connectivity index (χ0) is 13.4. The lowest BCUT2D eigenvalue weighted by molar-refractivity contribution is 0.0962. The second-order valence-electron chi connectivity index (χ2n) is 4.75. The number of pyridine rings is 1. The van der Waals surface area contributed by atoms with Crippen molar-refractivity contribution in [3.63, 3.8) is 0 Å². The van der Waals surface area contributed by atoms with Crippen LogP contribution in [0, 0.1) is 0 Å². The number of carbonyl (C=O) groups is 1. The number of benzene rings is 1. The highest BCUT2D eigenvalue weighted by molar-refractivity contribution is 6.31. The number of rotatable bonds is 1. The first kappa shape index (κ1) is 12.2. The Balaban J connectivity index is 2.05. The molecule has 4 heteroatoms. The summed E-state index contributed by atoms with van der Waals surface area (Å²) < 4.78 is 0. The van der Waals surface area contributed by atoms with Crippen molar-refractivity contribution in [2.75, 3.05) is 0 Å². The minimum atomic E-state index is -0.198. The monoisotopic (exact) mass is 273 g/mol. The second kappa shape index (κ2) is 4.67. The van der Waals surface area contributed by atoms with Crippen molar-refractivity contribution in [1.29, 1.82) is 0 Å². The molecule has 0 spiro atoms. The highest BCUT2D eigenvalue weighted by Crippen LogP contribution is 2.34. The van der Waals surface area contributed by atoms with Crippen LogP contribution < -0.4 is 5.43 Å². The normalized spacial score (nSPS) is 18.2. The van der Waals surface area contributed by atoms with Gasteiger partial charge in [0.05, 0.1) is 5.56 Å². The van der Waals surface area contributed by atoms with Crippen molar-refractivity contribution in [3.05, 3.63) is 68.6 Å². The summed E-state index contributed by atoms with van der Waals surface area (Å²) in [5.41, 5.74) is 1.80. The molecule has 1 aliphatic rings. The van der Waals surface area contributed by atoms with Gasteiger partial charge in [-0.2, -0.15) is 0 Å². The number of nitrogens with one attached hydrogen (secondary N) is 1. The molecule has 0 fully saturated rings. The second-order valence-corrected chi connectivity index (χ2v) is 5.15. The molecule has 96 valence electrons. The van der Waals surface area contributed by atoms with E-state index in [2.05, 4.69) is 4.98 Å². The Kier molecular flexibility index (Phi) is 2.99. The summed E-state index contributed by atoms with van der Waals surface area (Å²) in [6.07, 6.45) is 2.56. The van der Waals surface area contributed by atoms with Gasteiger partial charge in [-0.15, -0.1) is 0 Å². The first-order chi connectivity index (χ1) is 9.16. The number of aromatic nitrogens is 1. The van der Waals surface area contributed by atoms with Crippen molar-refractivity contribution in [3.8, 4) is 0 Å². The molecule has 3 rings (SSSR count). The van der Waals surface area contributed by atoms with Crippen LogP contribution in [0.25, 0.3) is 0 Å². The third-order valence-corrected chi connectivity index (χ3v) is 3.89. The summed E-state index contributed by atoms with van der Waals surface area (Å²) >= 11 is 6.18. The molecule has 0 saturated heterocycles. The van der Waals surface area contributed by atoms with E-state index in [1.54, 1.807) is 6.20 Å². The summed E-state index contributed by atoms with van der Waals surface area (Å²) in [7, 11) is 0. The molecule has 3 nitrogen and oxygen atoms in total. The Morgan fingerprint density at radius 3 is 2.68 bits per heavy atom. The van der Waals surface area contributed by atoms with Crippen LogP contribution in [-0.4, -0.2) is 10.8 Å². The van der Waals surface area contributed by atoms with Gasteiger partial charge >= 0.3 is 0 Å². The zero-order valence-electron chi connectivity index (χ0n) is 10.2. The molecule has 1 atom stereocenters. The fraction of sp³-hybridized carbons (Fsp3) is 0.200. The number of halogens is 1. The molecule has 0 aliphatic heterocycles. The van der Waals surface area contributed by atoms with Crippen LogP contribution in [0.2, 0.25) is 5.02 Å². The van der Waals surface area contributed by atoms with Crippen LogP contribution in [0.3, 0.4) is 0 Å². The smallest absolute Gasteiger partial charge is 0.192 e. The number of fused-ring (bicyclic) bond motifs is 1. The molecular weight excluding hydrogens is 262 g/mol. The number of hydrogen-bond acceptors (Lipinski definition) is 2. The lowest BCUT2D eigenvalue weighted by atomic mass is 9.81. The summed E-state index contributed by atoms with van der Waals surface area (Å²) in [6, 6.07) is 8.94. The number of carbonyl (C=O) groups excluding carboxylic acids is 1. The van der Waals surface area contributed by atoms with Crippen LogP contribution in [0.15, 0.2) is 41.3 Å². The van der Waals surface area contributed by atoms with Crippen molar-refractivity contribution in [1.82, 2.24) is 4.98 Å². The van der Waals surface area contributed by atoms with Gasteiger partial charge in [0.1, 0.15) is 0 Å². The molecule has 2 aromatic rings. The molecule has 0 unspecified atom stereocenters. The lowest BCUT2D eigenvalue weighted by Gasteiger charge is -2.23. The Labute approximate surface area is 115 Å². The van der Waals surface area contributed by atoms with Crippen LogP contribution in [-0.2, 0) is 6.42 Å². The molecular formula is C15H12ClNO2. The van der Waals surface area contributed by atoms with Crippen LogP contribution in [0.4, 0.5) is 0 Å². The fourth-order valence-corrected chi connectivity index (χ4v) is 2.95. The minimum absolute atomic E-state index is 0.0340. The van der Waals surface area contributed by atoms with Crippen molar-refractivity contribution in [2.45, 2.75) is 18.8 Å². The minimum Gasteiger partial charge on any atom is -0.364 e. The first-order valence-corrected chi connectivity index (χ1v) is 6.53. The van der Waals surface area contributed by atoms with Crippen LogP contribution >= 0.6 is 11.6 Å². The largest absolute Gasteiger partial charge is 0.364 e. The average Bonchev–Trinajstić information content (AvgIpc) is 2.39. The van der Waals surface area contributed by atoms with Gasteiger partial charge in [0, 0.05) is 29.4 Å². The first-order valence-electron chi connectivity index (χ1n) is 6.15. The van der Waals surface area contributed by atoms with E-state index in [1.165, 1.54) is 6.07 Å². The average molecular weight is 274 g/mol. The predicted octanol–water partition coefficient (Wildman–Crippen LogP) is 2.94. The van der Waals surface area contributed by atoms with Crippen molar-refractivity contribution < 1.29 is 4.79 Å². The van der Waals surface area contributed by atoms with E-state index in [4.69, 9.17) is 11.6 Å². The molecule has 0 bridgehead atoms. The highest BCUT2D eigenvalue weighted by Gasteiger charge is 2.29. The predicted molar refractivity (Wildman–Crippen MR) is 73.9 cm³/mol. The maximum atomic E-state index is 12.1. The Morgan fingerprint density at radius 2 is 1.89 bits per heavy atom. The summed E-state index contributed by atoms with van der Waals surface area (Å²) in [6.45, 7) is 0. The maximum Gasteiger partial charge on any atom is 0.192 e. The Bertz CT molecular complexity index is 705. The molecule has 0 amide bonds. The summed E-state index contributed by atoms with van der Waals surface area (Å²) in [5, 5.41) is 0.669. The van der Waals surface area contributed by atoms with Gasteiger partial charge in [-0.25, -0.2) is 0 Å². The molecule has 1 aromatic carbocycles. The van der Waals surface area contributed by atoms with Gasteiger partial charge in [0.2, 0.25) is 0 Å². The van der Waals surface area contributed by atoms with Crippen LogP contribution in [0.1, 0.15) is 34.0 Å². The standard InChI is InChI=1S/C15H12ClNO2/c16-11-4-2-1-3-10(11)9-7-12-15(14(19)8-9)13(18)5-6-17-12/h1-6,9H,7-8H2,(H,17,18)/t9-/m1/s1. The van der Waals surface area contributed by atoms with Gasteiger partial charge in [-0.3, -0.25) is 9.59 Å². The maximum absolute atomic E-state index is 12.1. The van der Waals surface area contributed by atoms with Crippen molar-refractivity contribution >= 4 is 17.4 Å². The van der Waals surface area contributed by atoms with E-state index in [0.29, 0.717) is 29.1 Å². The Morgan fingerprint density at radius 1 is 1.11 bits per heavy atom. The molecule has 1 heterocycles. The SMILES string of the molecule is O=C1C[C@H](c2ccccc2Cl)Cc2[nH]ccc(=O)c21. The van der Waals surface area contributed by atoms with Gasteiger partial charge < -0.3 is 4.98 Å². The van der Waals surface area contributed by atoms with Crippen LogP contribution in [0.5, 0.6) is 0 Å². The third kappa shape index (κ3) is 2.10. The van der Waals surface area contributed by atoms with Gasteiger partial charge in [-0.05, 0) is 24.0 Å². The van der Waals surface area contributed by atoms with Gasteiger partial charge in [0.15, 0.2) is 11.2 Å². The third-order valence-electron chi connectivity index (χ3n) is 3.55. The molecule has 1 aliphatic carbocycles. The van der Waals surface area contributed by atoms with E-state index in [0.717, 1.165) is 5.56 Å². The molecule has 1 N–H and O–H groups in total. The quantitative estimate of drug-likeness (QED) is 0.868. The summed E-state index contributed by atoms with van der Waals surface area (Å²) in [4.78, 5) is 26.9. The van der Waals surface area contributed by atoms with E-state index in [-0.39, 0.29) is 17.1 Å². The van der Waals surface area contributed by atoms with E-state index in [1.807, 2.05) is 24.3 Å². The number of hydrogen-bond donors (Lipinski definition) is 1. The van der Waals surface area contributed by atoms with Gasteiger partial charge in [-0.1, -0.05) is 29.8 Å². The fourth-order valence-electron chi connectivity index (χ4n) is 2.66. The number of Topliss-reactive ketones (excluding diaryl/α,β-unsaturated/α-hetero) is 1. The van der Waals surface area contributed by atoms with E-state index in [9.17, 15) is 9.59 Å². The van der Waals surface area contributed by atoms with E-state index >= 15 is 0 Å². The molecule has 1 aromatic heterocycles. The molecule has 0 saturated carbocycles. The zero-order valence-corrected chi connectivity index (χ0v) is 10.9.